The molecule has 0 spiro atoms. The molecular formula is C14H22ClNO. The molecule has 0 saturated heterocycles. The fourth-order valence-electron chi connectivity index (χ4n) is 2.12. The van der Waals surface area contributed by atoms with Gasteiger partial charge in [0.15, 0.2) is 0 Å². The lowest BCUT2D eigenvalue weighted by Gasteiger charge is -2.32. The van der Waals surface area contributed by atoms with Crippen LogP contribution >= 0.6 is 11.6 Å². The lowest BCUT2D eigenvalue weighted by atomic mass is 9.89. The molecule has 0 aromatic heterocycles. The maximum Gasteiger partial charge on any atom is 0.121 e. The molecule has 17 heavy (non-hydrogen) atoms. The van der Waals surface area contributed by atoms with E-state index in [9.17, 15) is 5.11 Å². The van der Waals surface area contributed by atoms with Crippen LogP contribution in [0.3, 0.4) is 0 Å². The van der Waals surface area contributed by atoms with Crippen molar-refractivity contribution in [1.82, 2.24) is 5.32 Å². The van der Waals surface area contributed by atoms with Crippen LogP contribution in [-0.2, 0) is 6.54 Å². The molecule has 0 saturated carbocycles. The normalized spacial score (nSPS) is 11.8. The van der Waals surface area contributed by atoms with E-state index in [2.05, 4.69) is 26.1 Å². The van der Waals surface area contributed by atoms with E-state index in [0.29, 0.717) is 11.6 Å². The Hall–Kier alpha value is -0.730. The molecule has 0 unspecified atom stereocenters. The Morgan fingerprint density at radius 2 is 1.76 bits per heavy atom. The highest BCUT2D eigenvalue weighted by molar-refractivity contribution is 6.31. The van der Waals surface area contributed by atoms with Gasteiger partial charge in [-0.15, -0.1) is 0 Å². The summed E-state index contributed by atoms with van der Waals surface area (Å²) in [6.07, 6.45) is 3.22. The molecular weight excluding hydrogens is 234 g/mol. The van der Waals surface area contributed by atoms with Crippen molar-refractivity contribution in [2.75, 3.05) is 0 Å². The predicted octanol–water partition coefficient (Wildman–Crippen LogP) is 4.10. The first-order valence-electron chi connectivity index (χ1n) is 6.30. The van der Waals surface area contributed by atoms with Crippen LogP contribution in [-0.4, -0.2) is 10.6 Å². The van der Waals surface area contributed by atoms with E-state index >= 15 is 0 Å². The highest BCUT2D eigenvalue weighted by atomic mass is 35.5. The Kier molecular flexibility index (Phi) is 5.29. The molecule has 0 amide bonds. The van der Waals surface area contributed by atoms with Crippen LogP contribution in [0.25, 0.3) is 0 Å². The molecule has 1 aromatic rings. The molecule has 0 heterocycles. The van der Waals surface area contributed by atoms with Crippen molar-refractivity contribution in [2.45, 2.75) is 52.1 Å². The summed E-state index contributed by atoms with van der Waals surface area (Å²) in [5.74, 6) is 0.266. The van der Waals surface area contributed by atoms with Crippen LogP contribution in [0, 0.1) is 0 Å². The van der Waals surface area contributed by atoms with E-state index in [1.165, 1.54) is 0 Å². The molecule has 0 radical (unpaired) electrons. The molecule has 0 aliphatic heterocycles. The van der Waals surface area contributed by atoms with Gasteiger partial charge >= 0.3 is 0 Å². The zero-order valence-corrected chi connectivity index (χ0v) is 11.6. The third-order valence-electron chi connectivity index (χ3n) is 3.76. The molecule has 0 atom stereocenters. The van der Waals surface area contributed by atoms with Crippen molar-refractivity contribution in [2.24, 2.45) is 0 Å². The summed E-state index contributed by atoms with van der Waals surface area (Å²) >= 11 is 6.09. The van der Waals surface area contributed by atoms with E-state index in [1.807, 2.05) is 6.07 Å². The second kappa shape index (κ2) is 6.27. The molecule has 2 N–H and O–H groups in total. The standard InChI is InChI=1S/C14H22ClNO/c1-4-14(5-2,6-3)16-10-11-12(15)8-7-9-13(11)17/h7-9,16-17H,4-6,10H2,1-3H3. The largest absolute Gasteiger partial charge is 0.508 e. The van der Waals surface area contributed by atoms with Gasteiger partial charge in [-0.2, -0.15) is 0 Å². The van der Waals surface area contributed by atoms with Crippen LogP contribution in [0.4, 0.5) is 0 Å². The van der Waals surface area contributed by atoms with Gasteiger partial charge in [-0.25, -0.2) is 0 Å². The number of benzene rings is 1. The lowest BCUT2D eigenvalue weighted by molar-refractivity contribution is 0.286. The summed E-state index contributed by atoms with van der Waals surface area (Å²) in [5.41, 5.74) is 0.930. The summed E-state index contributed by atoms with van der Waals surface area (Å²) in [6.45, 7) is 7.17. The van der Waals surface area contributed by atoms with Crippen molar-refractivity contribution in [3.8, 4) is 5.75 Å². The van der Waals surface area contributed by atoms with Crippen LogP contribution < -0.4 is 5.32 Å². The first-order valence-corrected chi connectivity index (χ1v) is 6.67. The van der Waals surface area contributed by atoms with Gasteiger partial charge in [0.25, 0.3) is 0 Å². The summed E-state index contributed by atoms with van der Waals surface area (Å²) in [7, 11) is 0. The maximum atomic E-state index is 9.78. The summed E-state index contributed by atoms with van der Waals surface area (Å²) < 4.78 is 0. The number of halogens is 1. The SMILES string of the molecule is CCC(CC)(CC)NCc1c(O)cccc1Cl. The zero-order valence-electron chi connectivity index (χ0n) is 10.9. The number of hydrogen-bond acceptors (Lipinski definition) is 2. The van der Waals surface area contributed by atoms with Gasteiger partial charge in [0.05, 0.1) is 0 Å². The first kappa shape index (κ1) is 14.3. The van der Waals surface area contributed by atoms with Crippen molar-refractivity contribution >= 4 is 11.6 Å². The van der Waals surface area contributed by atoms with Crippen molar-refractivity contribution in [3.05, 3.63) is 28.8 Å². The first-order chi connectivity index (χ1) is 8.08. The molecule has 1 rings (SSSR count). The second-order valence-corrected chi connectivity index (χ2v) is 4.84. The Bertz CT molecular complexity index is 333. The van der Waals surface area contributed by atoms with Crippen molar-refractivity contribution in [1.29, 1.82) is 0 Å². The fraction of sp³-hybridized carbons (Fsp3) is 0.571. The Labute approximate surface area is 109 Å². The van der Waals surface area contributed by atoms with E-state index < -0.39 is 0 Å². The van der Waals surface area contributed by atoms with Crippen molar-refractivity contribution in [3.63, 3.8) is 0 Å². The van der Waals surface area contributed by atoms with E-state index in [4.69, 9.17) is 11.6 Å². The Morgan fingerprint density at radius 1 is 1.18 bits per heavy atom. The number of phenols is 1. The summed E-state index contributed by atoms with van der Waals surface area (Å²) in [4.78, 5) is 0. The minimum atomic E-state index is 0.144. The Morgan fingerprint density at radius 3 is 2.24 bits per heavy atom. The molecule has 0 bridgehead atoms. The Balaban J connectivity index is 2.79. The summed E-state index contributed by atoms with van der Waals surface area (Å²) in [6, 6.07) is 5.24. The monoisotopic (exact) mass is 255 g/mol. The number of rotatable bonds is 6. The van der Waals surface area contributed by atoms with Gasteiger partial charge in [0.1, 0.15) is 5.75 Å². The van der Waals surface area contributed by atoms with E-state index in [-0.39, 0.29) is 11.3 Å². The van der Waals surface area contributed by atoms with Gasteiger partial charge in [-0.1, -0.05) is 38.4 Å². The number of hydrogen-bond donors (Lipinski definition) is 2. The average molecular weight is 256 g/mol. The molecule has 0 aliphatic rings. The quantitative estimate of drug-likeness (QED) is 0.802. The average Bonchev–Trinajstić information content (AvgIpc) is 2.34. The lowest BCUT2D eigenvalue weighted by Crippen LogP contribution is -2.43. The third-order valence-corrected chi connectivity index (χ3v) is 4.12. The topological polar surface area (TPSA) is 32.3 Å². The molecule has 0 aliphatic carbocycles. The fourth-order valence-corrected chi connectivity index (χ4v) is 2.36. The molecule has 3 heteroatoms. The van der Waals surface area contributed by atoms with Gasteiger partial charge in [-0.05, 0) is 31.4 Å². The molecule has 2 nitrogen and oxygen atoms in total. The number of aromatic hydroxyl groups is 1. The number of phenolic OH excluding ortho intramolecular Hbond substituents is 1. The molecule has 1 aromatic carbocycles. The molecule has 96 valence electrons. The minimum absolute atomic E-state index is 0.144. The number of nitrogens with one attached hydrogen (secondary N) is 1. The molecule has 0 fully saturated rings. The van der Waals surface area contributed by atoms with Gasteiger partial charge in [0.2, 0.25) is 0 Å². The maximum absolute atomic E-state index is 9.78. The van der Waals surface area contributed by atoms with Crippen LogP contribution in [0.1, 0.15) is 45.6 Å². The minimum Gasteiger partial charge on any atom is -0.508 e. The summed E-state index contributed by atoms with van der Waals surface area (Å²) in [5, 5.41) is 13.9. The second-order valence-electron chi connectivity index (χ2n) is 4.43. The van der Waals surface area contributed by atoms with E-state index in [1.54, 1.807) is 12.1 Å². The third kappa shape index (κ3) is 3.36. The highest BCUT2D eigenvalue weighted by Gasteiger charge is 2.23. The highest BCUT2D eigenvalue weighted by Crippen LogP contribution is 2.27. The van der Waals surface area contributed by atoms with E-state index in [0.717, 1.165) is 24.8 Å². The van der Waals surface area contributed by atoms with Gasteiger partial charge in [0, 0.05) is 22.7 Å². The van der Waals surface area contributed by atoms with Crippen LogP contribution in [0.15, 0.2) is 18.2 Å². The smallest absolute Gasteiger partial charge is 0.121 e. The van der Waals surface area contributed by atoms with Gasteiger partial charge < -0.3 is 10.4 Å². The van der Waals surface area contributed by atoms with Crippen molar-refractivity contribution < 1.29 is 5.11 Å². The van der Waals surface area contributed by atoms with Crippen LogP contribution in [0.2, 0.25) is 5.02 Å². The van der Waals surface area contributed by atoms with Crippen LogP contribution in [0.5, 0.6) is 5.75 Å². The van der Waals surface area contributed by atoms with Gasteiger partial charge in [-0.3, -0.25) is 0 Å². The zero-order chi connectivity index (χ0) is 12.9. The predicted molar refractivity (Wildman–Crippen MR) is 73.6 cm³/mol.